The Labute approximate surface area is 152 Å². The fraction of sp³-hybridized carbons (Fsp3) is 0.500. The van der Waals surface area contributed by atoms with Crippen LogP contribution in [0.4, 0.5) is 4.79 Å². The van der Waals surface area contributed by atoms with E-state index in [1.165, 1.54) is 24.7 Å². The molecule has 0 fully saturated rings. The maximum absolute atomic E-state index is 10.6. The highest BCUT2D eigenvalue weighted by atomic mass is 32.2. The van der Waals surface area contributed by atoms with E-state index in [0.717, 1.165) is 23.4 Å². The van der Waals surface area contributed by atoms with Gasteiger partial charge in [0.25, 0.3) is 0 Å². The third-order valence-electron chi connectivity index (χ3n) is 3.96. The molecule has 2 amide bonds. The van der Waals surface area contributed by atoms with Crippen LogP contribution in [0.15, 0.2) is 35.2 Å². The smallest absolute Gasteiger partial charge is 0.312 e. The lowest BCUT2D eigenvalue weighted by Crippen LogP contribution is -2.35. The van der Waals surface area contributed by atoms with Crippen molar-refractivity contribution in [2.24, 2.45) is 5.73 Å². The van der Waals surface area contributed by atoms with Crippen molar-refractivity contribution in [3.63, 3.8) is 0 Å². The fourth-order valence-corrected chi connectivity index (χ4v) is 3.08. The van der Waals surface area contributed by atoms with Crippen molar-refractivity contribution < 1.29 is 14.0 Å². The zero-order chi connectivity index (χ0) is 18.1. The lowest BCUT2D eigenvalue weighted by molar-refractivity contribution is -0.159. The molecule has 0 aliphatic heterocycles. The van der Waals surface area contributed by atoms with Gasteiger partial charge in [0.1, 0.15) is 0 Å². The number of nitrogens with one attached hydrogen (secondary N) is 2. The second-order valence-electron chi connectivity index (χ2n) is 5.63. The molecule has 0 aromatic carbocycles. The zero-order valence-corrected chi connectivity index (χ0v) is 15.3. The Morgan fingerprint density at radius 1 is 1.44 bits per heavy atom. The number of urea groups is 1. The number of aromatic nitrogens is 2. The first kappa shape index (κ1) is 19.5. The molecule has 1 aromatic heterocycles. The Kier molecular flexibility index (Phi) is 7.99. The minimum Gasteiger partial charge on any atom is -0.352 e. The van der Waals surface area contributed by atoms with Gasteiger partial charge in [0.2, 0.25) is 0 Å². The van der Waals surface area contributed by atoms with Gasteiger partial charge in [-0.15, -0.1) is 0 Å². The minimum absolute atomic E-state index is 0.231. The predicted molar refractivity (Wildman–Crippen MR) is 97.3 cm³/mol. The molecule has 25 heavy (non-hydrogen) atoms. The Morgan fingerprint density at radius 3 is 2.96 bits per heavy atom. The van der Waals surface area contributed by atoms with E-state index in [1.807, 2.05) is 12.5 Å². The summed E-state index contributed by atoms with van der Waals surface area (Å²) in [5, 5.41) is 5.83. The number of carbonyl (C=O) groups excluding carboxylic acids is 1. The highest BCUT2D eigenvalue weighted by Crippen LogP contribution is 2.33. The van der Waals surface area contributed by atoms with Crippen LogP contribution in [0.25, 0.3) is 0 Å². The molecular formula is C16H25N5O3S. The third kappa shape index (κ3) is 6.20. The highest BCUT2D eigenvalue weighted by molar-refractivity contribution is 7.98. The van der Waals surface area contributed by atoms with Gasteiger partial charge < -0.3 is 20.9 Å². The molecule has 0 bridgehead atoms. The number of amides is 2. The molecule has 0 radical (unpaired) electrons. The molecule has 0 saturated heterocycles. The first-order chi connectivity index (χ1) is 12.1. The zero-order valence-electron chi connectivity index (χ0n) is 14.5. The second-order valence-corrected chi connectivity index (χ2v) is 6.46. The average molecular weight is 367 g/mol. The number of primary amides is 1. The number of rotatable bonds is 10. The van der Waals surface area contributed by atoms with Gasteiger partial charge in [-0.2, -0.15) is 4.33 Å². The minimum atomic E-state index is -0.508. The quantitative estimate of drug-likeness (QED) is 0.253. The van der Waals surface area contributed by atoms with Crippen LogP contribution in [0.2, 0.25) is 0 Å². The van der Waals surface area contributed by atoms with E-state index in [0.29, 0.717) is 19.6 Å². The van der Waals surface area contributed by atoms with E-state index in [-0.39, 0.29) is 6.04 Å². The number of nitrogens with two attached hydrogens (primary N) is 1. The fourth-order valence-electron chi connectivity index (χ4n) is 2.62. The van der Waals surface area contributed by atoms with E-state index >= 15 is 0 Å². The maximum atomic E-state index is 10.6. The summed E-state index contributed by atoms with van der Waals surface area (Å²) >= 11 is 1.26. The Morgan fingerprint density at radius 2 is 2.28 bits per heavy atom. The predicted octanol–water partition coefficient (Wildman–Crippen LogP) is 2.03. The first-order valence-corrected chi connectivity index (χ1v) is 8.87. The normalized spacial score (nSPS) is 15.4. The summed E-state index contributed by atoms with van der Waals surface area (Å²) in [5.74, 6) is 0. The van der Waals surface area contributed by atoms with Gasteiger partial charge in [0.15, 0.2) is 0 Å². The van der Waals surface area contributed by atoms with Crippen LogP contribution in [-0.4, -0.2) is 35.8 Å². The van der Waals surface area contributed by atoms with Crippen LogP contribution in [0.3, 0.4) is 0 Å². The molecule has 2 rings (SSSR count). The first-order valence-electron chi connectivity index (χ1n) is 8.13. The molecule has 138 valence electrons. The maximum Gasteiger partial charge on any atom is 0.312 e. The van der Waals surface area contributed by atoms with Crippen molar-refractivity contribution in [2.45, 2.75) is 32.4 Å². The lowest BCUT2D eigenvalue weighted by Gasteiger charge is -2.22. The summed E-state index contributed by atoms with van der Waals surface area (Å²) in [4.78, 5) is 20.7. The highest BCUT2D eigenvalue weighted by Gasteiger charge is 2.17. The topological polar surface area (TPSA) is 103 Å². The molecule has 0 spiro atoms. The van der Waals surface area contributed by atoms with E-state index in [2.05, 4.69) is 44.1 Å². The SMILES string of the molecule is COOSC1=CC=C(C(C)n2cncc2CNCCNC(N)=O)CC1. The van der Waals surface area contributed by atoms with Gasteiger partial charge in [-0.1, -0.05) is 12.2 Å². The van der Waals surface area contributed by atoms with E-state index in [4.69, 9.17) is 10.1 Å². The number of carbonyl (C=O) groups is 1. The van der Waals surface area contributed by atoms with Crippen LogP contribution in [0, 0.1) is 0 Å². The van der Waals surface area contributed by atoms with Crippen LogP contribution in [0.1, 0.15) is 31.5 Å². The lowest BCUT2D eigenvalue weighted by atomic mass is 9.98. The van der Waals surface area contributed by atoms with Gasteiger partial charge in [0.05, 0.1) is 37.2 Å². The summed E-state index contributed by atoms with van der Waals surface area (Å²) < 4.78 is 7.07. The number of imidazole rings is 1. The van der Waals surface area contributed by atoms with E-state index in [9.17, 15) is 4.79 Å². The van der Waals surface area contributed by atoms with Crippen LogP contribution in [0.5, 0.6) is 0 Å². The van der Waals surface area contributed by atoms with Gasteiger partial charge in [-0.25, -0.2) is 14.7 Å². The summed E-state index contributed by atoms with van der Waals surface area (Å²) in [5.41, 5.74) is 7.47. The van der Waals surface area contributed by atoms with Crippen LogP contribution in [-0.2, 0) is 15.8 Å². The Bertz CT molecular complexity index is 629. The number of allylic oxidation sites excluding steroid dienone is 4. The number of hydrogen-bond donors (Lipinski definition) is 3. The second kappa shape index (κ2) is 10.2. The monoisotopic (exact) mass is 367 g/mol. The summed E-state index contributed by atoms with van der Waals surface area (Å²) in [7, 11) is 1.50. The van der Waals surface area contributed by atoms with Crippen molar-refractivity contribution in [3.8, 4) is 0 Å². The molecule has 8 nitrogen and oxygen atoms in total. The van der Waals surface area contributed by atoms with E-state index in [1.54, 1.807) is 0 Å². The van der Waals surface area contributed by atoms with Gasteiger partial charge in [0, 0.05) is 30.7 Å². The molecule has 1 heterocycles. The number of nitrogens with zero attached hydrogens (tertiary/aromatic N) is 2. The summed E-state index contributed by atoms with van der Waals surface area (Å²) in [6.45, 7) is 3.99. The molecule has 1 unspecified atom stereocenters. The summed E-state index contributed by atoms with van der Waals surface area (Å²) in [6, 6.07) is -0.277. The molecule has 1 aliphatic rings. The van der Waals surface area contributed by atoms with Crippen molar-refractivity contribution in [1.82, 2.24) is 20.2 Å². The van der Waals surface area contributed by atoms with Crippen LogP contribution < -0.4 is 16.4 Å². The Hall–Kier alpha value is -1.81. The number of hydrogen-bond acceptors (Lipinski definition) is 6. The van der Waals surface area contributed by atoms with Gasteiger partial charge in [-0.05, 0) is 25.3 Å². The van der Waals surface area contributed by atoms with E-state index < -0.39 is 6.03 Å². The van der Waals surface area contributed by atoms with Gasteiger partial charge in [-0.3, -0.25) is 0 Å². The molecule has 1 atom stereocenters. The standard InChI is InChI=1S/C16H25N5O3S/c1-12(13-3-5-15(6-4-13)25-24-23-2)21-11-19-10-14(21)9-18-7-8-20-16(17)22/h3,5,10-12,18H,4,6-9H2,1-2H3,(H3,17,20,22). The average Bonchev–Trinajstić information content (AvgIpc) is 3.07. The molecule has 9 heteroatoms. The van der Waals surface area contributed by atoms with Crippen LogP contribution >= 0.6 is 12.0 Å². The third-order valence-corrected chi connectivity index (χ3v) is 4.72. The molecule has 4 N–H and O–H groups in total. The van der Waals surface area contributed by atoms with Crippen molar-refractivity contribution >= 4 is 18.1 Å². The van der Waals surface area contributed by atoms with Crippen molar-refractivity contribution in [3.05, 3.63) is 40.8 Å². The Balaban J connectivity index is 1.89. The molecule has 1 aromatic rings. The molecular weight excluding hydrogens is 342 g/mol. The molecule has 0 saturated carbocycles. The van der Waals surface area contributed by atoms with Gasteiger partial charge >= 0.3 is 6.03 Å². The molecule has 1 aliphatic carbocycles. The largest absolute Gasteiger partial charge is 0.352 e. The summed E-state index contributed by atoms with van der Waals surface area (Å²) in [6.07, 6.45) is 9.84. The van der Waals surface area contributed by atoms with Crippen molar-refractivity contribution in [1.29, 1.82) is 0 Å². The van der Waals surface area contributed by atoms with Crippen molar-refractivity contribution in [2.75, 3.05) is 20.2 Å².